The third-order valence-electron chi connectivity index (χ3n) is 1.21. The smallest absolute Gasteiger partial charge is 0.0921 e. The minimum atomic E-state index is -1.26. The van der Waals surface area contributed by atoms with Crippen LogP contribution in [0.2, 0.25) is 0 Å². The number of carboxylic acids is 1. The molecule has 0 fully saturated rings. The van der Waals surface area contributed by atoms with E-state index >= 15 is 0 Å². The Morgan fingerprint density at radius 2 is 2.64 bits per heavy atom. The highest BCUT2D eigenvalue weighted by Gasteiger charge is 2.06. The van der Waals surface area contributed by atoms with Crippen LogP contribution in [-0.4, -0.2) is 21.3 Å². The molecule has 0 aliphatic carbocycles. The number of imidazole rings is 1. The van der Waals surface area contributed by atoms with Crippen molar-refractivity contribution < 1.29 is 9.90 Å². The van der Waals surface area contributed by atoms with Crippen molar-refractivity contribution in [1.82, 2.24) is 9.97 Å². The first kappa shape index (κ1) is 8.07. The maximum atomic E-state index is 10.1. The first-order chi connectivity index (χ1) is 5.20. The van der Waals surface area contributed by atoms with Crippen LogP contribution in [0.5, 0.6) is 0 Å². The number of carbonyl (C=O) groups excluding carboxylic acids is 1. The summed E-state index contributed by atoms with van der Waals surface area (Å²) in [7, 11) is 0. The number of carbonyl (C=O) groups is 1. The lowest BCUT2D eigenvalue weighted by atomic mass is 10.2. The van der Waals surface area contributed by atoms with Crippen molar-refractivity contribution in [2.75, 3.05) is 0 Å². The van der Waals surface area contributed by atoms with Gasteiger partial charge < -0.3 is 14.9 Å². The Balaban J connectivity index is 2.50. The molecule has 1 N–H and O–H groups in total. The number of rotatable bonds is 3. The van der Waals surface area contributed by atoms with E-state index in [1.165, 1.54) is 12.5 Å². The van der Waals surface area contributed by atoms with Gasteiger partial charge in [0.15, 0.2) is 0 Å². The van der Waals surface area contributed by atoms with Crippen molar-refractivity contribution in [2.45, 2.75) is 11.8 Å². The Bertz CT molecular complexity index is 235. The molecule has 1 atom stereocenters. The number of nitrogens with one attached hydrogen (secondary N) is 1. The molecule has 5 heteroatoms. The third-order valence-corrected chi connectivity index (χ3v) is 1.54. The lowest BCUT2D eigenvalue weighted by molar-refractivity contribution is -0.305. The summed E-state index contributed by atoms with van der Waals surface area (Å²) in [6.07, 6.45) is 3.20. The van der Waals surface area contributed by atoms with Crippen LogP contribution in [-0.2, 0) is 11.2 Å². The molecule has 4 nitrogen and oxygen atoms in total. The second-order valence-electron chi connectivity index (χ2n) is 2.07. The predicted molar refractivity (Wildman–Crippen MR) is 36.9 cm³/mol. The minimum absolute atomic E-state index is 0.212. The minimum Gasteiger partial charge on any atom is -0.549 e. The van der Waals surface area contributed by atoms with Gasteiger partial charge in [-0.25, -0.2) is 4.98 Å². The van der Waals surface area contributed by atoms with E-state index in [0.717, 1.165) is 0 Å². The van der Waals surface area contributed by atoms with Gasteiger partial charge >= 0.3 is 0 Å². The number of halogens is 1. The normalized spacial score (nSPS) is 12.8. The van der Waals surface area contributed by atoms with Crippen LogP contribution in [0.25, 0.3) is 0 Å². The topological polar surface area (TPSA) is 68.8 Å². The quantitative estimate of drug-likeness (QED) is 0.616. The number of aromatic amines is 1. The molecule has 0 saturated carbocycles. The van der Waals surface area contributed by atoms with Gasteiger partial charge in [0, 0.05) is 18.3 Å². The summed E-state index contributed by atoms with van der Waals surface area (Å²) >= 11 is 5.40. The Kier molecular flexibility index (Phi) is 2.48. The molecule has 0 spiro atoms. The number of hydrogen-bond acceptors (Lipinski definition) is 3. The first-order valence-electron chi connectivity index (χ1n) is 3.02. The molecule has 1 heterocycles. The van der Waals surface area contributed by atoms with E-state index in [-0.39, 0.29) is 6.42 Å². The molecule has 1 rings (SSSR count). The van der Waals surface area contributed by atoms with Crippen molar-refractivity contribution in [2.24, 2.45) is 0 Å². The molecular formula is C6H6ClN2O2-. The second kappa shape index (κ2) is 3.39. The molecule has 1 aromatic rings. The molecule has 0 aliphatic heterocycles. The van der Waals surface area contributed by atoms with Gasteiger partial charge in [-0.3, -0.25) is 0 Å². The zero-order chi connectivity index (χ0) is 8.27. The van der Waals surface area contributed by atoms with Gasteiger partial charge in [-0.15, -0.1) is 11.6 Å². The van der Waals surface area contributed by atoms with E-state index < -0.39 is 11.3 Å². The maximum absolute atomic E-state index is 10.1. The highest BCUT2D eigenvalue weighted by atomic mass is 35.5. The van der Waals surface area contributed by atoms with Gasteiger partial charge in [-0.1, -0.05) is 0 Å². The highest BCUT2D eigenvalue weighted by Crippen LogP contribution is 2.03. The van der Waals surface area contributed by atoms with Crippen LogP contribution in [0.4, 0.5) is 0 Å². The molecule has 0 aromatic carbocycles. The van der Waals surface area contributed by atoms with Crippen LogP contribution in [0.3, 0.4) is 0 Å². The Labute approximate surface area is 68.2 Å². The maximum Gasteiger partial charge on any atom is 0.0921 e. The number of carboxylic acid groups (broad SMARTS) is 1. The van der Waals surface area contributed by atoms with E-state index in [4.69, 9.17) is 11.6 Å². The second-order valence-corrected chi connectivity index (χ2v) is 2.59. The first-order valence-corrected chi connectivity index (χ1v) is 3.46. The van der Waals surface area contributed by atoms with Crippen molar-refractivity contribution in [3.8, 4) is 0 Å². The molecule has 0 saturated heterocycles. The molecule has 11 heavy (non-hydrogen) atoms. The molecule has 0 amide bonds. The largest absolute Gasteiger partial charge is 0.549 e. The Hall–Kier alpha value is -1.03. The third kappa shape index (κ3) is 2.23. The van der Waals surface area contributed by atoms with Gasteiger partial charge in [0.25, 0.3) is 0 Å². The summed E-state index contributed by atoms with van der Waals surface area (Å²) in [6, 6.07) is 0. The van der Waals surface area contributed by atoms with E-state index in [1.807, 2.05) is 0 Å². The molecule has 0 aliphatic rings. The van der Waals surface area contributed by atoms with Gasteiger partial charge in [-0.2, -0.15) is 0 Å². The number of H-pyrrole nitrogens is 1. The Morgan fingerprint density at radius 1 is 1.91 bits per heavy atom. The highest BCUT2D eigenvalue weighted by molar-refractivity contribution is 6.29. The molecule has 0 bridgehead atoms. The number of aliphatic carboxylic acids is 1. The standard InChI is InChI=1S/C6H7ClN2O2/c7-5(6(10)11)1-4-2-8-3-9-4/h2-3,5H,1H2,(H,8,9)(H,10,11)/p-1. The summed E-state index contributed by atoms with van der Waals surface area (Å²) in [5, 5.41) is 9.16. The van der Waals surface area contributed by atoms with Gasteiger partial charge in [0.05, 0.1) is 17.7 Å². The zero-order valence-electron chi connectivity index (χ0n) is 5.58. The van der Waals surface area contributed by atoms with Crippen molar-refractivity contribution in [3.63, 3.8) is 0 Å². The monoisotopic (exact) mass is 173 g/mol. The van der Waals surface area contributed by atoms with Crippen molar-refractivity contribution in [1.29, 1.82) is 0 Å². The van der Waals surface area contributed by atoms with Crippen LogP contribution < -0.4 is 5.11 Å². The SMILES string of the molecule is O=C([O-])C(Cl)Cc1cnc[nH]1. The van der Waals surface area contributed by atoms with E-state index in [1.54, 1.807) is 0 Å². The van der Waals surface area contributed by atoms with Gasteiger partial charge in [-0.05, 0) is 0 Å². The summed E-state index contributed by atoms with van der Waals surface area (Å²) in [5.74, 6) is -1.26. The summed E-state index contributed by atoms with van der Waals surface area (Å²) in [6.45, 7) is 0. The fourth-order valence-corrected chi connectivity index (χ4v) is 0.839. The summed E-state index contributed by atoms with van der Waals surface area (Å²) in [4.78, 5) is 16.6. The van der Waals surface area contributed by atoms with Crippen LogP contribution in [0.15, 0.2) is 12.5 Å². The molecule has 60 valence electrons. The Morgan fingerprint density at radius 3 is 3.09 bits per heavy atom. The fraction of sp³-hybridized carbons (Fsp3) is 0.333. The lowest BCUT2D eigenvalue weighted by Crippen LogP contribution is -2.33. The van der Waals surface area contributed by atoms with Crippen LogP contribution in [0, 0.1) is 0 Å². The molecular weight excluding hydrogens is 168 g/mol. The number of nitrogens with zero attached hydrogens (tertiary/aromatic N) is 1. The van der Waals surface area contributed by atoms with Crippen LogP contribution >= 0.6 is 11.6 Å². The summed E-state index contributed by atoms with van der Waals surface area (Å²) in [5.41, 5.74) is 0.689. The number of hydrogen-bond donors (Lipinski definition) is 1. The van der Waals surface area contributed by atoms with Gasteiger partial charge in [0.2, 0.25) is 0 Å². The zero-order valence-corrected chi connectivity index (χ0v) is 6.34. The predicted octanol–water partition coefficient (Wildman–Crippen LogP) is -0.691. The average Bonchev–Trinajstić information content (AvgIpc) is 2.39. The van der Waals surface area contributed by atoms with Crippen molar-refractivity contribution in [3.05, 3.63) is 18.2 Å². The van der Waals surface area contributed by atoms with Crippen LogP contribution in [0.1, 0.15) is 5.69 Å². The van der Waals surface area contributed by atoms with E-state index in [0.29, 0.717) is 5.69 Å². The van der Waals surface area contributed by atoms with E-state index in [2.05, 4.69) is 9.97 Å². The van der Waals surface area contributed by atoms with Crippen molar-refractivity contribution >= 4 is 17.6 Å². The fourth-order valence-electron chi connectivity index (χ4n) is 0.673. The van der Waals surface area contributed by atoms with E-state index in [9.17, 15) is 9.90 Å². The lowest BCUT2D eigenvalue weighted by Gasteiger charge is -2.07. The summed E-state index contributed by atoms with van der Waals surface area (Å²) < 4.78 is 0. The number of aromatic nitrogens is 2. The molecule has 1 aromatic heterocycles. The number of alkyl halides is 1. The average molecular weight is 174 g/mol. The molecule has 1 unspecified atom stereocenters. The van der Waals surface area contributed by atoms with Gasteiger partial charge in [0.1, 0.15) is 0 Å². The molecule has 0 radical (unpaired) electrons.